The zero-order chi connectivity index (χ0) is 10.2. The van der Waals surface area contributed by atoms with Crippen molar-refractivity contribution in [1.29, 1.82) is 0 Å². The summed E-state index contributed by atoms with van der Waals surface area (Å²) < 4.78 is 0. The van der Waals surface area contributed by atoms with Crippen molar-refractivity contribution in [3.05, 3.63) is 13.2 Å². The van der Waals surface area contributed by atoms with Gasteiger partial charge in [0.15, 0.2) is 0 Å². The molecule has 2 N–H and O–H groups in total. The van der Waals surface area contributed by atoms with Gasteiger partial charge in [-0.3, -0.25) is 0 Å². The summed E-state index contributed by atoms with van der Waals surface area (Å²) in [5.41, 5.74) is 0. The van der Waals surface area contributed by atoms with Gasteiger partial charge in [0.25, 0.3) is 0 Å². The van der Waals surface area contributed by atoms with Crippen LogP contribution in [0.1, 0.15) is 0 Å². The first kappa shape index (κ1) is 11.7. The van der Waals surface area contributed by atoms with Gasteiger partial charge < -0.3 is 10.6 Å². The molecular formula is C10H22N4. The molecule has 2 saturated heterocycles. The van der Waals surface area contributed by atoms with Gasteiger partial charge in [0.2, 0.25) is 0 Å². The Balaban J connectivity index is 0.000000461. The average Bonchev–Trinajstić information content (AvgIpc) is 2.34. The Morgan fingerprint density at radius 3 is 1.21 bits per heavy atom. The van der Waals surface area contributed by atoms with Crippen LogP contribution in [-0.4, -0.2) is 62.4 Å². The molecule has 0 aromatic heterocycles. The summed E-state index contributed by atoms with van der Waals surface area (Å²) in [6.45, 7) is 15.3. The summed E-state index contributed by atoms with van der Waals surface area (Å²) in [4.78, 5) is 0. The van der Waals surface area contributed by atoms with E-state index in [2.05, 4.69) is 33.8 Å². The smallest absolute Gasteiger partial charge is 0.0259 e. The summed E-state index contributed by atoms with van der Waals surface area (Å²) in [7, 11) is 0. The third kappa shape index (κ3) is 3.38. The quantitative estimate of drug-likeness (QED) is 0.557. The molecule has 0 aromatic carbocycles. The van der Waals surface area contributed by atoms with Crippen molar-refractivity contribution < 1.29 is 0 Å². The molecule has 2 heterocycles. The number of hydrogen-bond acceptors (Lipinski definition) is 4. The van der Waals surface area contributed by atoms with E-state index in [1.807, 2.05) is 0 Å². The second-order valence-corrected chi connectivity index (χ2v) is 3.41. The Labute approximate surface area is 86.9 Å². The predicted octanol–water partition coefficient (Wildman–Crippen LogP) is -0.486. The fraction of sp³-hybridized carbons (Fsp3) is 0.800. The Morgan fingerprint density at radius 1 is 0.643 bits per heavy atom. The minimum Gasteiger partial charge on any atom is -0.314 e. The van der Waals surface area contributed by atoms with Gasteiger partial charge in [-0.15, -0.1) is 13.2 Å². The van der Waals surface area contributed by atoms with Crippen molar-refractivity contribution in [2.45, 2.75) is 0 Å². The topological polar surface area (TPSA) is 30.5 Å². The average molecular weight is 198 g/mol. The molecule has 82 valence electrons. The zero-order valence-corrected chi connectivity index (χ0v) is 8.97. The summed E-state index contributed by atoms with van der Waals surface area (Å²) in [6, 6.07) is 0. The van der Waals surface area contributed by atoms with Crippen LogP contribution in [0.5, 0.6) is 0 Å². The van der Waals surface area contributed by atoms with Crippen LogP contribution in [0.2, 0.25) is 0 Å². The molecule has 0 bridgehead atoms. The molecule has 4 nitrogen and oxygen atoms in total. The third-order valence-electron chi connectivity index (χ3n) is 2.59. The maximum atomic E-state index is 3.37. The van der Waals surface area contributed by atoms with Gasteiger partial charge in [0, 0.05) is 52.4 Å². The molecule has 0 spiro atoms. The van der Waals surface area contributed by atoms with Crippen LogP contribution in [-0.2, 0) is 0 Å². The van der Waals surface area contributed by atoms with Crippen LogP contribution in [0.4, 0.5) is 0 Å². The maximum absolute atomic E-state index is 3.37. The van der Waals surface area contributed by atoms with Gasteiger partial charge in [-0.05, 0) is 0 Å². The number of nitrogens with one attached hydrogen (secondary N) is 2. The monoisotopic (exact) mass is 198 g/mol. The van der Waals surface area contributed by atoms with E-state index in [1.54, 1.807) is 0 Å². The molecule has 2 fully saturated rings. The maximum Gasteiger partial charge on any atom is 0.0259 e. The van der Waals surface area contributed by atoms with Crippen molar-refractivity contribution >= 4 is 0 Å². The van der Waals surface area contributed by atoms with Crippen LogP contribution in [0.15, 0.2) is 13.2 Å². The third-order valence-corrected chi connectivity index (χ3v) is 2.59. The van der Waals surface area contributed by atoms with Crippen LogP contribution in [0.25, 0.3) is 0 Å². The highest BCUT2D eigenvalue weighted by atomic mass is 15.6. The highest BCUT2D eigenvalue weighted by Crippen LogP contribution is 2.01. The normalized spacial score (nSPS) is 25.1. The zero-order valence-electron chi connectivity index (χ0n) is 8.97. The fourth-order valence-electron chi connectivity index (χ4n) is 1.87. The number of hydrogen-bond donors (Lipinski definition) is 2. The molecule has 0 saturated carbocycles. The number of nitrogens with zero attached hydrogens (tertiary/aromatic N) is 2. The molecular weight excluding hydrogens is 176 g/mol. The van der Waals surface area contributed by atoms with Crippen LogP contribution in [0.3, 0.4) is 0 Å². The SMILES string of the molecule is C1CN(N2CCNCC2)CCN1.C=C. The van der Waals surface area contributed by atoms with Crippen molar-refractivity contribution in [3.8, 4) is 0 Å². The molecule has 14 heavy (non-hydrogen) atoms. The van der Waals surface area contributed by atoms with E-state index in [0.717, 1.165) is 26.2 Å². The lowest BCUT2D eigenvalue weighted by molar-refractivity contribution is -0.0417. The first-order valence-corrected chi connectivity index (χ1v) is 5.38. The van der Waals surface area contributed by atoms with Crippen molar-refractivity contribution in [3.63, 3.8) is 0 Å². The highest BCUT2D eigenvalue weighted by molar-refractivity contribution is 4.71. The molecule has 0 amide bonds. The van der Waals surface area contributed by atoms with E-state index in [-0.39, 0.29) is 0 Å². The largest absolute Gasteiger partial charge is 0.314 e. The van der Waals surface area contributed by atoms with E-state index in [9.17, 15) is 0 Å². The first-order valence-electron chi connectivity index (χ1n) is 5.38. The molecule has 2 rings (SSSR count). The lowest BCUT2D eigenvalue weighted by atomic mass is 10.4. The summed E-state index contributed by atoms with van der Waals surface area (Å²) in [6.07, 6.45) is 0. The molecule has 0 aliphatic carbocycles. The van der Waals surface area contributed by atoms with Crippen molar-refractivity contribution in [1.82, 2.24) is 20.7 Å². The van der Waals surface area contributed by atoms with Crippen LogP contribution < -0.4 is 10.6 Å². The second kappa shape index (κ2) is 6.95. The minimum absolute atomic E-state index is 1.14. The predicted molar refractivity (Wildman–Crippen MR) is 60.1 cm³/mol. The number of hydrazine groups is 1. The summed E-state index contributed by atoms with van der Waals surface area (Å²) >= 11 is 0. The summed E-state index contributed by atoms with van der Waals surface area (Å²) in [5, 5.41) is 11.7. The fourth-order valence-corrected chi connectivity index (χ4v) is 1.87. The molecule has 0 unspecified atom stereocenters. The van der Waals surface area contributed by atoms with Gasteiger partial charge in [0.05, 0.1) is 0 Å². The van der Waals surface area contributed by atoms with Gasteiger partial charge in [-0.1, -0.05) is 0 Å². The van der Waals surface area contributed by atoms with Crippen molar-refractivity contribution in [2.24, 2.45) is 0 Å². The molecule has 4 heteroatoms. The van der Waals surface area contributed by atoms with Gasteiger partial charge in [-0.25, -0.2) is 10.0 Å². The van der Waals surface area contributed by atoms with E-state index < -0.39 is 0 Å². The minimum atomic E-state index is 1.14. The molecule has 0 atom stereocenters. The second-order valence-electron chi connectivity index (χ2n) is 3.41. The van der Waals surface area contributed by atoms with Gasteiger partial charge in [0.1, 0.15) is 0 Å². The van der Waals surface area contributed by atoms with Gasteiger partial charge in [-0.2, -0.15) is 0 Å². The van der Waals surface area contributed by atoms with Crippen LogP contribution in [0, 0.1) is 0 Å². The highest BCUT2D eigenvalue weighted by Gasteiger charge is 2.18. The van der Waals surface area contributed by atoms with Crippen LogP contribution >= 0.6 is 0 Å². The Hall–Kier alpha value is -0.420. The van der Waals surface area contributed by atoms with Gasteiger partial charge >= 0.3 is 0 Å². The number of piperazine rings is 2. The molecule has 0 aromatic rings. The standard InChI is InChI=1S/C8H18N4.C2H4/c1-5-11(6-2-9-1)12-7-3-10-4-8-12;1-2/h9-10H,1-8H2;1-2H2. The van der Waals surface area contributed by atoms with E-state index in [1.165, 1.54) is 26.2 Å². The van der Waals surface area contributed by atoms with E-state index in [4.69, 9.17) is 0 Å². The first-order chi connectivity index (χ1) is 6.97. The van der Waals surface area contributed by atoms with E-state index in [0.29, 0.717) is 0 Å². The molecule has 2 aliphatic rings. The molecule has 2 aliphatic heterocycles. The van der Waals surface area contributed by atoms with E-state index >= 15 is 0 Å². The lowest BCUT2D eigenvalue weighted by Crippen LogP contribution is -2.57. The lowest BCUT2D eigenvalue weighted by Gasteiger charge is -2.39. The summed E-state index contributed by atoms with van der Waals surface area (Å²) in [5.74, 6) is 0. The Bertz CT molecular complexity index is 123. The molecule has 0 radical (unpaired) electrons. The Morgan fingerprint density at radius 2 is 0.929 bits per heavy atom. The number of rotatable bonds is 1. The Kier molecular flexibility index (Phi) is 5.78. The van der Waals surface area contributed by atoms with Crippen molar-refractivity contribution in [2.75, 3.05) is 52.4 Å².